The fourth-order valence-corrected chi connectivity index (χ4v) is 2.81. The fourth-order valence-electron chi connectivity index (χ4n) is 2.17. The average molecular weight is 407 g/mol. The van der Waals surface area contributed by atoms with E-state index in [1.807, 2.05) is 52.8 Å². The van der Waals surface area contributed by atoms with E-state index in [1.54, 1.807) is 24.5 Å². The number of nitrogens with zero attached hydrogens (tertiary/aromatic N) is 1. The van der Waals surface area contributed by atoms with Crippen molar-refractivity contribution in [3.05, 3.63) is 51.5 Å². The third-order valence-electron chi connectivity index (χ3n) is 3.31. The van der Waals surface area contributed by atoms with Crippen LogP contribution in [0, 0.1) is 12.3 Å². The molecule has 0 atom stereocenters. The Bertz CT molecular complexity index is 681. The van der Waals surface area contributed by atoms with E-state index in [4.69, 9.17) is 15.9 Å². The van der Waals surface area contributed by atoms with Crippen molar-refractivity contribution in [3.63, 3.8) is 0 Å². The maximum Gasteiger partial charge on any atom is 0.126 e. The van der Waals surface area contributed by atoms with Crippen LogP contribution in [-0.2, 0) is 6.42 Å². The molecule has 0 aliphatic carbocycles. The van der Waals surface area contributed by atoms with Crippen LogP contribution in [0.3, 0.4) is 0 Å². The van der Waals surface area contributed by atoms with E-state index in [0.717, 1.165) is 35.6 Å². The number of benzene rings is 1. The average Bonchev–Trinajstić information content (AvgIpc) is 3.17. The first-order chi connectivity index (χ1) is 13.6. The lowest BCUT2D eigenvalue weighted by atomic mass is 10.1. The SMILES string of the molecule is CC.CC.CN.COc1ccc(C(=N)N)cc1/C=C/CCCc1csc(C)n1. The van der Waals surface area contributed by atoms with Crippen LogP contribution in [0.5, 0.6) is 5.75 Å². The number of allylic oxidation sites excluding steroid dienone is 1. The molecular weight excluding hydrogens is 368 g/mol. The summed E-state index contributed by atoms with van der Waals surface area (Å²) in [6, 6.07) is 5.51. The predicted molar refractivity (Wildman–Crippen MR) is 126 cm³/mol. The fraction of sp³-hybridized carbons (Fsp3) is 0.455. The second-order valence-corrected chi connectivity index (χ2v) is 6.09. The highest BCUT2D eigenvalue weighted by molar-refractivity contribution is 7.09. The lowest BCUT2D eigenvalue weighted by Crippen LogP contribution is -2.11. The highest BCUT2D eigenvalue weighted by atomic mass is 32.1. The first-order valence-corrected chi connectivity index (χ1v) is 10.7. The van der Waals surface area contributed by atoms with Gasteiger partial charge in [-0.25, -0.2) is 4.98 Å². The summed E-state index contributed by atoms with van der Waals surface area (Å²) in [4.78, 5) is 4.46. The molecule has 0 amide bonds. The molecule has 28 heavy (non-hydrogen) atoms. The van der Waals surface area contributed by atoms with Crippen molar-refractivity contribution < 1.29 is 4.74 Å². The first kappa shape index (κ1) is 28.0. The number of unbranched alkanes of at least 4 members (excludes halogenated alkanes) is 1. The van der Waals surface area contributed by atoms with Gasteiger partial charge in [0.25, 0.3) is 0 Å². The number of nitrogens with two attached hydrogens (primary N) is 2. The summed E-state index contributed by atoms with van der Waals surface area (Å²) in [6.07, 6.45) is 7.19. The minimum absolute atomic E-state index is 0.0659. The zero-order chi connectivity index (χ0) is 21.9. The van der Waals surface area contributed by atoms with E-state index in [2.05, 4.69) is 22.2 Å². The Hall–Kier alpha value is -2.18. The Morgan fingerprint density at radius 2 is 1.86 bits per heavy atom. The molecule has 1 heterocycles. The van der Waals surface area contributed by atoms with Crippen molar-refractivity contribution in [2.24, 2.45) is 11.5 Å². The number of hydrogen-bond acceptors (Lipinski definition) is 5. The molecule has 2 rings (SSSR count). The largest absolute Gasteiger partial charge is 0.496 e. The molecule has 0 saturated heterocycles. The second kappa shape index (κ2) is 18.2. The van der Waals surface area contributed by atoms with E-state index in [1.165, 1.54) is 12.7 Å². The van der Waals surface area contributed by atoms with Crippen molar-refractivity contribution in [2.75, 3.05) is 14.2 Å². The molecule has 0 bridgehead atoms. The molecule has 0 fully saturated rings. The van der Waals surface area contributed by atoms with Crippen LogP contribution >= 0.6 is 11.3 Å². The van der Waals surface area contributed by atoms with Gasteiger partial charge in [-0.2, -0.15) is 0 Å². The Morgan fingerprint density at radius 1 is 1.21 bits per heavy atom. The zero-order valence-corrected chi connectivity index (χ0v) is 19.3. The number of amidine groups is 1. The Labute approximate surface area is 175 Å². The number of aromatic nitrogens is 1. The number of rotatable bonds is 7. The standard InChI is InChI=1S/C17H21N3OS.2C2H6.CH5N/c1-12-20-15(11-22-12)7-5-3-4-6-13-10-14(17(18)19)8-9-16(13)21-2;3*1-2/h4,6,8-11H,3,5,7H2,1-2H3,(H3,18,19);2*1-2H3;2H2,1H3/b6-4+;;;. The van der Waals surface area contributed by atoms with Crippen LogP contribution in [0.4, 0.5) is 0 Å². The summed E-state index contributed by atoms with van der Waals surface area (Å²) in [7, 11) is 3.14. The van der Waals surface area contributed by atoms with Crippen molar-refractivity contribution >= 4 is 23.2 Å². The number of nitrogens with one attached hydrogen (secondary N) is 1. The maximum atomic E-state index is 7.51. The van der Waals surface area contributed by atoms with Gasteiger partial charge < -0.3 is 16.2 Å². The van der Waals surface area contributed by atoms with Crippen molar-refractivity contribution in [2.45, 2.75) is 53.9 Å². The van der Waals surface area contributed by atoms with Crippen LogP contribution < -0.4 is 16.2 Å². The zero-order valence-electron chi connectivity index (χ0n) is 18.5. The molecule has 5 nitrogen and oxygen atoms in total. The van der Waals surface area contributed by atoms with Gasteiger partial charge >= 0.3 is 0 Å². The quantitative estimate of drug-likeness (QED) is 0.325. The molecule has 5 N–H and O–H groups in total. The highest BCUT2D eigenvalue weighted by Gasteiger charge is 2.03. The second-order valence-electron chi connectivity index (χ2n) is 5.02. The monoisotopic (exact) mass is 406 g/mol. The van der Waals surface area contributed by atoms with Crippen LogP contribution in [-0.4, -0.2) is 25.0 Å². The van der Waals surface area contributed by atoms with Crippen LogP contribution in [0.15, 0.2) is 29.7 Å². The Morgan fingerprint density at radius 3 is 2.36 bits per heavy atom. The van der Waals surface area contributed by atoms with Gasteiger partial charge in [0.15, 0.2) is 0 Å². The van der Waals surface area contributed by atoms with Gasteiger partial charge in [-0.1, -0.05) is 39.8 Å². The molecule has 0 saturated carbocycles. The summed E-state index contributed by atoms with van der Waals surface area (Å²) < 4.78 is 5.34. The first-order valence-electron chi connectivity index (χ1n) is 9.78. The molecule has 2 aromatic rings. The summed E-state index contributed by atoms with van der Waals surface area (Å²) in [5, 5.41) is 10.8. The van der Waals surface area contributed by atoms with Crippen molar-refractivity contribution in [1.29, 1.82) is 5.41 Å². The lowest BCUT2D eigenvalue weighted by molar-refractivity contribution is 0.414. The summed E-state index contributed by atoms with van der Waals surface area (Å²) in [6.45, 7) is 10.0. The molecule has 0 aliphatic rings. The van der Waals surface area contributed by atoms with E-state index < -0.39 is 0 Å². The van der Waals surface area contributed by atoms with E-state index >= 15 is 0 Å². The molecule has 0 aliphatic heterocycles. The van der Waals surface area contributed by atoms with Gasteiger partial charge in [-0.05, 0) is 51.4 Å². The highest BCUT2D eigenvalue weighted by Crippen LogP contribution is 2.21. The third-order valence-corrected chi connectivity index (χ3v) is 4.13. The van der Waals surface area contributed by atoms with Gasteiger partial charge in [0.1, 0.15) is 11.6 Å². The number of nitrogen functional groups attached to an aromatic ring is 1. The number of hydrogen-bond donors (Lipinski definition) is 3. The van der Waals surface area contributed by atoms with Crippen LogP contribution in [0.1, 0.15) is 62.4 Å². The van der Waals surface area contributed by atoms with Crippen LogP contribution in [0.25, 0.3) is 6.08 Å². The molecule has 0 radical (unpaired) electrons. The van der Waals surface area contributed by atoms with E-state index in [-0.39, 0.29) is 5.84 Å². The Balaban J connectivity index is 0. The molecule has 0 spiro atoms. The molecule has 1 aromatic carbocycles. The van der Waals surface area contributed by atoms with Gasteiger partial charge in [-0.3, -0.25) is 5.41 Å². The van der Waals surface area contributed by atoms with Crippen LogP contribution in [0.2, 0.25) is 0 Å². The van der Waals surface area contributed by atoms with Crippen molar-refractivity contribution in [3.8, 4) is 5.75 Å². The summed E-state index contributed by atoms with van der Waals surface area (Å²) in [5.41, 5.74) is 12.9. The molecular formula is C22H38N4OS. The smallest absolute Gasteiger partial charge is 0.126 e. The predicted octanol–water partition coefficient (Wildman–Crippen LogP) is 5.41. The molecule has 158 valence electrons. The molecule has 0 unspecified atom stereocenters. The minimum Gasteiger partial charge on any atom is -0.496 e. The third kappa shape index (κ3) is 10.8. The Kier molecular flexibility index (Phi) is 18.2. The normalized spacial score (nSPS) is 9.29. The van der Waals surface area contributed by atoms with Gasteiger partial charge in [0.2, 0.25) is 0 Å². The van der Waals surface area contributed by atoms with Gasteiger partial charge in [0.05, 0.1) is 17.8 Å². The lowest BCUT2D eigenvalue weighted by Gasteiger charge is -2.07. The number of methoxy groups -OCH3 is 1. The van der Waals surface area contributed by atoms with Gasteiger partial charge in [-0.15, -0.1) is 11.3 Å². The van der Waals surface area contributed by atoms with E-state index in [0.29, 0.717) is 5.56 Å². The number of thiazole rings is 1. The summed E-state index contributed by atoms with van der Waals surface area (Å²) >= 11 is 1.70. The number of ether oxygens (including phenoxy) is 1. The molecule has 1 aromatic heterocycles. The van der Waals surface area contributed by atoms with Gasteiger partial charge in [0, 0.05) is 16.5 Å². The topological polar surface area (TPSA) is 98.0 Å². The maximum absolute atomic E-state index is 7.51. The van der Waals surface area contributed by atoms with Crippen molar-refractivity contribution in [1.82, 2.24) is 4.98 Å². The van der Waals surface area contributed by atoms with E-state index in [9.17, 15) is 0 Å². The number of aryl methyl sites for hydroxylation is 2. The minimum atomic E-state index is 0.0659. The molecule has 6 heteroatoms. The summed E-state index contributed by atoms with van der Waals surface area (Å²) in [5.74, 6) is 0.854.